The molecular weight excluding hydrogens is 372 g/mol. The van der Waals surface area contributed by atoms with E-state index in [0.29, 0.717) is 0 Å². The van der Waals surface area contributed by atoms with E-state index in [0.717, 1.165) is 28.5 Å². The second-order valence-corrected chi connectivity index (χ2v) is 7.03. The molecule has 0 unspecified atom stereocenters. The van der Waals surface area contributed by atoms with E-state index < -0.39 is 0 Å². The molecule has 3 aromatic rings. The molecule has 0 radical (unpaired) electrons. The summed E-state index contributed by atoms with van der Waals surface area (Å²) in [6, 6.07) is 19.4. The fourth-order valence-electron chi connectivity index (χ4n) is 2.75. The zero-order chi connectivity index (χ0) is 19.8. The molecule has 0 aliphatic heterocycles. The highest BCUT2D eigenvalue weighted by molar-refractivity contribution is 7.99. The van der Waals surface area contributed by atoms with Gasteiger partial charge in [0, 0.05) is 6.54 Å². The van der Waals surface area contributed by atoms with E-state index in [2.05, 4.69) is 20.4 Å². The Balaban J connectivity index is 1.51. The first-order valence-corrected chi connectivity index (χ1v) is 10.0. The molecule has 0 aliphatic rings. The third kappa shape index (κ3) is 5.23. The minimum atomic E-state index is -0.279. The summed E-state index contributed by atoms with van der Waals surface area (Å²) in [4.78, 5) is 28.4. The molecule has 2 amide bonds. The van der Waals surface area contributed by atoms with Gasteiger partial charge in [0.15, 0.2) is 5.16 Å². The fourth-order valence-corrected chi connectivity index (χ4v) is 3.59. The Hall–Kier alpha value is -3.06. The van der Waals surface area contributed by atoms with E-state index in [1.54, 1.807) is 0 Å². The molecule has 2 N–H and O–H groups in total. The lowest BCUT2D eigenvalue weighted by atomic mass is 10.1. The van der Waals surface area contributed by atoms with Crippen LogP contribution < -0.4 is 10.9 Å². The second kappa shape index (κ2) is 9.75. The number of hydrogen-bond acceptors (Lipinski definition) is 4. The highest BCUT2D eigenvalue weighted by atomic mass is 32.2. The van der Waals surface area contributed by atoms with Crippen molar-refractivity contribution in [3.63, 3.8) is 0 Å². The van der Waals surface area contributed by atoms with Gasteiger partial charge in [-0.15, -0.1) is 0 Å². The lowest BCUT2D eigenvalue weighted by Gasteiger charge is -2.10. The number of aromatic nitrogens is 2. The monoisotopic (exact) mass is 394 g/mol. The minimum Gasteiger partial charge on any atom is -0.319 e. The standard InChI is InChI=1S/C21H22N4O2S/c1-2-25-18(17-11-7-4-8-12-17)14-22-21(25)28-15-20(27)24-23-19(26)13-16-9-5-3-6-10-16/h3-12,14H,2,13,15H2,1H3,(H,23,26)(H,24,27). The normalized spacial score (nSPS) is 10.5. The Morgan fingerprint density at radius 2 is 1.61 bits per heavy atom. The second-order valence-electron chi connectivity index (χ2n) is 6.08. The number of nitrogens with one attached hydrogen (secondary N) is 2. The lowest BCUT2D eigenvalue weighted by Crippen LogP contribution is -2.43. The third-order valence-corrected chi connectivity index (χ3v) is 5.08. The van der Waals surface area contributed by atoms with Crippen LogP contribution in [0.4, 0.5) is 0 Å². The molecule has 0 atom stereocenters. The van der Waals surface area contributed by atoms with Crippen LogP contribution in [0.2, 0.25) is 0 Å². The van der Waals surface area contributed by atoms with Crippen molar-refractivity contribution in [3.05, 3.63) is 72.4 Å². The van der Waals surface area contributed by atoms with Gasteiger partial charge >= 0.3 is 0 Å². The van der Waals surface area contributed by atoms with Gasteiger partial charge in [-0.3, -0.25) is 20.4 Å². The summed E-state index contributed by atoms with van der Waals surface area (Å²) in [6.07, 6.45) is 2.04. The van der Waals surface area contributed by atoms with Crippen LogP contribution in [0.3, 0.4) is 0 Å². The van der Waals surface area contributed by atoms with Gasteiger partial charge in [0.25, 0.3) is 0 Å². The molecule has 0 fully saturated rings. The highest BCUT2D eigenvalue weighted by Crippen LogP contribution is 2.25. The quantitative estimate of drug-likeness (QED) is 0.477. The van der Waals surface area contributed by atoms with Gasteiger partial charge in [0.05, 0.1) is 24.1 Å². The number of hydrazine groups is 1. The van der Waals surface area contributed by atoms with Crippen LogP contribution in [0, 0.1) is 0 Å². The number of amides is 2. The van der Waals surface area contributed by atoms with E-state index in [4.69, 9.17) is 0 Å². The van der Waals surface area contributed by atoms with Crippen LogP contribution in [-0.2, 0) is 22.6 Å². The number of nitrogens with zero attached hydrogens (tertiary/aromatic N) is 2. The molecule has 3 rings (SSSR count). The van der Waals surface area contributed by atoms with Crippen molar-refractivity contribution < 1.29 is 9.59 Å². The average molecular weight is 395 g/mol. The number of rotatable bonds is 7. The van der Waals surface area contributed by atoms with Crippen LogP contribution in [0.5, 0.6) is 0 Å². The van der Waals surface area contributed by atoms with E-state index in [1.807, 2.05) is 73.8 Å². The molecule has 0 aliphatic carbocycles. The van der Waals surface area contributed by atoms with Gasteiger partial charge in [0.1, 0.15) is 0 Å². The summed E-state index contributed by atoms with van der Waals surface area (Å²) in [5.41, 5.74) is 7.89. The molecule has 28 heavy (non-hydrogen) atoms. The zero-order valence-electron chi connectivity index (χ0n) is 15.6. The topological polar surface area (TPSA) is 76.0 Å². The summed E-state index contributed by atoms with van der Waals surface area (Å²) < 4.78 is 2.07. The molecule has 7 heteroatoms. The van der Waals surface area contributed by atoms with E-state index in [1.165, 1.54) is 11.8 Å². The maximum atomic E-state index is 12.1. The Bertz CT molecular complexity index is 926. The van der Waals surface area contributed by atoms with Crippen molar-refractivity contribution in [2.75, 3.05) is 5.75 Å². The van der Waals surface area contributed by atoms with Gasteiger partial charge in [-0.1, -0.05) is 72.4 Å². The van der Waals surface area contributed by atoms with Gasteiger partial charge in [0.2, 0.25) is 11.8 Å². The average Bonchev–Trinajstić information content (AvgIpc) is 3.15. The van der Waals surface area contributed by atoms with Crippen LogP contribution >= 0.6 is 11.8 Å². The molecule has 6 nitrogen and oxygen atoms in total. The Kier molecular flexibility index (Phi) is 6.86. The Labute approximate surface area is 168 Å². The van der Waals surface area contributed by atoms with Crippen LogP contribution in [-0.4, -0.2) is 27.1 Å². The van der Waals surface area contributed by atoms with E-state index in [-0.39, 0.29) is 24.0 Å². The molecule has 0 saturated carbocycles. The first-order chi connectivity index (χ1) is 13.7. The summed E-state index contributed by atoms with van der Waals surface area (Å²) >= 11 is 1.34. The van der Waals surface area contributed by atoms with Crippen molar-refractivity contribution in [1.29, 1.82) is 0 Å². The number of benzene rings is 2. The zero-order valence-corrected chi connectivity index (χ0v) is 16.4. The summed E-state index contributed by atoms with van der Waals surface area (Å²) in [5, 5.41) is 0.770. The molecular formula is C21H22N4O2S. The summed E-state index contributed by atoms with van der Waals surface area (Å²) in [6.45, 7) is 2.80. The molecule has 144 valence electrons. The number of thioether (sulfide) groups is 1. The van der Waals surface area contributed by atoms with Crippen LogP contribution in [0.25, 0.3) is 11.3 Å². The lowest BCUT2D eigenvalue weighted by molar-refractivity contribution is -0.127. The van der Waals surface area contributed by atoms with Gasteiger partial charge in [-0.2, -0.15) is 0 Å². The first-order valence-electron chi connectivity index (χ1n) is 9.02. The molecule has 1 aromatic heterocycles. The van der Waals surface area contributed by atoms with Crippen LogP contribution in [0.15, 0.2) is 72.0 Å². The van der Waals surface area contributed by atoms with Gasteiger partial charge in [-0.25, -0.2) is 4.98 Å². The number of carbonyl (C=O) groups excluding carboxylic acids is 2. The van der Waals surface area contributed by atoms with Crippen molar-refractivity contribution >= 4 is 23.6 Å². The first kappa shape index (κ1) is 19.7. The van der Waals surface area contributed by atoms with E-state index >= 15 is 0 Å². The largest absolute Gasteiger partial charge is 0.319 e. The maximum Gasteiger partial charge on any atom is 0.248 e. The predicted octanol–water partition coefficient (Wildman–Crippen LogP) is 3.05. The van der Waals surface area contributed by atoms with Gasteiger partial charge in [-0.05, 0) is 18.1 Å². The summed E-state index contributed by atoms with van der Waals surface area (Å²) in [7, 11) is 0. The van der Waals surface area contributed by atoms with Crippen molar-refractivity contribution in [2.45, 2.75) is 25.0 Å². The SMILES string of the molecule is CCn1c(-c2ccccc2)cnc1SCC(=O)NNC(=O)Cc1ccccc1. The summed E-state index contributed by atoms with van der Waals surface area (Å²) in [5.74, 6) is -0.374. The van der Waals surface area contributed by atoms with Crippen molar-refractivity contribution in [2.24, 2.45) is 0 Å². The number of imidazole rings is 1. The number of carbonyl (C=O) groups is 2. The van der Waals surface area contributed by atoms with Crippen LogP contribution in [0.1, 0.15) is 12.5 Å². The smallest absolute Gasteiger partial charge is 0.248 e. The molecule has 1 heterocycles. The molecule has 2 aromatic carbocycles. The minimum absolute atomic E-state index is 0.164. The maximum absolute atomic E-state index is 12.1. The van der Waals surface area contributed by atoms with Crippen molar-refractivity contribution in [3.8, 4) is 11.3 Å². The fraction of sp³-hybridized carbons (Fsp3) is 0.190. The Morgan fingerprint density at radius 3 is 2.29 bits per heavy atom. The third-order valence-electron chi connectivity index (χ3n) is 4.09. The van der Waals surface area contributed by atoms with Gasteiger partial charge < -0.3 is 4.57 Å². The molecule has 0 saturated heterocycles. The van der Waals surface area contributed by atoms with E-state index in [9.17, 15) is 9.59 Å². The predicted molar refractivity (Wildman–Crippen MR) is 110 cm³/mol. The Morgan fingerprint density at radius 1 is 0.964 bits per heavy atom. The molecule has 0 spiro atoms. The number of hydrogen-bond donors (Lipinski definition) is 2. The van der Waals surface area contributed by atoms with Crippen molar-refractivity contribution in [1.82, 2.24) is 20.4 Å². The molecule has 0 bridgehead atoms. The highest BCUT2D eigenvalue weighted by Gasteiger charge is 2.13.